The van der Waals surface area contributed by atoms with Crippen molar-refractivity contribution in [3.8, 4) is 0 Å². The summed E-state index contributed by atoms with van der Waals surface area (Å²) in [6, 6.07) is 0.210. The summed E-state index contributed by atoms with van der Waals surface area (Å²) in [4.78, 5) is 0. The molecule has 3 heteroatoms. The molecule has 1 saturated carbocycles. The van der Waals surface area contributed by atoms with E-state index in [0.717, 1.165) is 5.70 Å². The number of nitrogens with one attached hydrogen (secondary N) is 1. The summed E-state index contributed by atoms with van der Waals surface area (Å²) in [5.41, 5.74) is 0.866. The lowest BCUT2D eigenvalue weighted by molar-refractivity contribution is -0.0396. The molecule has 12 heavy (non-hydrogen) atoms. The summed E-state index contributed by atoms with van der Waals surface area (Å²) in [7, 11) is 0. The number of alkyl halides is 2. The van der Waals surface area contributed by atoms with Crippen LogP contribution >= 0.6 is 0 Å². The van der Waals surface area contributed by atoms with Crippen molar-refractivity contribution in [1.29, 1.82) is 0 Å². The predicted molar refractivity (Wildman–Crippen MR) is 45.2 cm³/mol. The van der Waals surface area contributed by atoms with Crippen LogP contribution in [-0.4, -0.2) is 12.0 Å². The SMILES string of the molecule is C=C(C)NC1CCC(F)(F)CC1. The highest BCUT2D eigenvalue weighted by molar-refractivity contribution is 4.91. The smallest absolute Gasteiger partial charge is 0.248 e. The highest BCUT2D eigenvalue weighted by Gasteiger charge is 2.34. The van der Waals surface area contributed by atoms with Gasteiger partial charge in [0.15, 0.2) is 0 Å². The third-order valence-corrected chi connectivity index (χ3v) is 2.17. The zero-order valence-corrected chi connectivity index (χ0v) is 7.37. The Balaban J connectivity index is 2.31. The van der Waals surface area contributed by atoms with Gasteiger partial charge in [0.1, 0.15) is 0 Å². The summed E-state index contributed by atoms with van der Waals surface area (Å²) in [5, 5.41) is 3.09. The maximum atomic E-state index is 12.7. The Morgan fingerprint density at radius 3 is 2.33 bits per heavy atom. The molecule has 0 radical (unpaired) electrons. The van der Waals surface area contributed by atoms with Gasteiger partial charge in [-0.1, -0.05) is 6.58 Å². The Morgan fingerprint density at radius 2 is 1.92 bits per heavy atom. The lowest BCUT2D eigenvalue weighted by Crippen LogP contribution is -2.35. The zero-order valence-electron chi connectivity index (χ0n) is 7.37. The topological polar surface area (TPSA) is 12.0 Å². The third-order valence-electron chi connectivity index (χ3n) is 2.17. The second-order valence-electron chi connectivity index (χ2n) is 3.55. The fourth-order valence-corrected chi connectivity index (χ4v) is 1.53. The molecule has 0 aromatic heterocycles. The summed E-state index contributed by atoms with van der Waals surface area (Å²) in [6.07, 6.45) is 1.13. The van der Waals surface area contributed by atoms with E-state index in [1.807, 2.05) is 6.92 Å². The molecule has 1 nitrogen and oxygen atoms in total. The van der Waals surface area contributed by atoms with Crippen molar-refractivity contribution in [1.82, 2.24) is 5.32 Å². The molecule has 0 atom stereocenters. The van der Waals surface area contributed by atoms with E-state index in [4.69, 9.17) is 0 Å². The van der Waals surface area contributed by atoms with Crippen LogP contribution in [0, 0.1) is 0 Å². The van der Waals surface area contributed by atoms with Crippen LogP contribution in [0.5, 0.6) is 0 Å². The fourth-order valence-electron chi connectivity index (χ4n) is 1.53. The molecule has 0 aliphatic heterocycles. The number of hydrogen-bond acceptors (Lipinski definition) is 1. The van der Waals surface area contributed by atoms with E-state index in [2.05, 4.69) is 11.9 Å². The molecule has 1 fully saturated rings. The van der Waals surface area contributed by atoms with Gasteiger partial charge in [-0.15, -0.1) is 0 Å². The van der Waals surface area contributed by atoms with Crippen LogP contribution in [-0.2, 0) is 0 Å². The Bertz CT molecular complexity index is 167. The molecular formula is C9H15F2N. The van der Waals surface area contributed by atoms with Gasteiger partial charge < -0.3 is 5.32 Å². The first-order chi connectivity index (χ1) is 5.49. The Kier molecular flexibility index (Phi) is 2.70. The summed E-state index contributed by atoms with van der Waals surface area (Å²) >= 11 is 0. The number of halogens is 2. The average molecular weight is 175 g/mol. The van der Waals surface area contributed by atoms with Gasteiger partial charge in [-0.25, -0.2) is 8.78 Å². The second-order valence-corrected chi connectivity index (χ2v) is 3.55. The van der Waals surface area contributed by atoms with Crippen molar-refractivity contribution in [2.75, 3.05) is 0 Å². The molecule has 1 aliphatic rings. The van der Waals surface area contributed by atoms with E-state index in [0.29, 0.717) is 12.8 Å². The van der Waals surface area contributed by atoms with Gasteiger partial charge in [0.05, 0.1) is 0 Å². The molecule has 1 rings (SSSR count). The normalized spacial score (nSPS) is 23.6. The second kappa shape index (κ2) is 3.42. The molecule has 0 spiro atoms. The molecular weight excluding hydrogens is 160 g/mol. The van der Waals surface area contributed by atoms with Gasteiger partial charge in [-0.05, 0) is 19.8 Å². The number of allylic oxidation sites excluding steroid dienone is 1. The van der Waals surface area contributed by atoms with E-state index in [1.165, 1.54) is 0 Å². The molecule has 0 heterocycles. The Hall–Kier alpha value is -0.600. The molecule has 1 aliphatic carbocycles. The first-order valence-corrected chi connectivity index (χ1v) is 4.29. The molecule has 0 aromatic carbocycles. The third kappa shape index (κ3) is 2.80. The molecule has 0 aromatic rings. The molecule has 0 bridgehead atoms. The van der Waals surface area contributed by atoms with Gasteiger partial charge in [-0.3, -0.25) is 0 Å². The molecule has 1 N–H and O–H groups in total. The van der Waals surface area contributed by atoms with Crippen LogP contribution in [0.2, 0.25) is 0 Å². The van der Waals surface area contributed by atoms with Crippen LogP contribution in [0.15, 0.2) is 12.3 Å². The summed E-state index contributed by atoms with van der Waals surface area (Å²) in [6.45, 7) is 5.54. The highest BCUT2D eigenvalue weighted by Crippen LogP contribution is 2.33. The van der Waals surface area contributed by atoms with E-state index in [9.17, 15) is 8.78 Å². The van der Waals surface area contributed by atoms with Crippen molar-refractivity contribution >= 4 is 0 Å². The minimum atomic E-state index is -2.42. The monoisotopic (exact) mass is 175 g/mol. The molecule has 0 unspecified atom stereocenters. The van der Waals surface area contributed by atoms with Crippen LogP contribution in [0.3, 0.4) is 0 Å². The van der Waals surface area contributed by atoms with E-state index >= 15 is 0 Å². The molecule has 0 saturated heterocycles. The molecule has 0 amide bonds. The molecule has 70 valence electrons. The van der Waals surface area contributed by atoms with Crippen molar-refractivity contribution in [2.45, 2.75) is 44.6 Å². The van der Waals surface area contributed by atoms with Crippen molar-refractivity contribution in [2.24, 2.45) is 0 Å². The minimum absolute atomic E-state index is 0.0119. The summed E-state index contributed by atoms with van der Waals surface area (Å²) < 4.78 is 25.3. The Morgan fingerprint density at radius 1 is 1.42 bits per heavy atom. The lowest BCUT2D eigenvalue weighted by atomic mass is 9.92. The first kappa shape index (κ1) is 9.49. The van der Waals surface area contributed by atoms with Crippen LogP contribution < -0.4 is 5.32 Å². The lowest BCUT2D eigenvalue weighted by Gasteiger charge is -2.29. The van der Waals surface area contributed by atoms with E-state index in [-0.39, 0.29) is 18.9 Å². The van der Waals surface area contributed by atoms with Gasteiger partial charge in [-0.2, -0.15) is 0 Å². The van der Waals surface area contributed by atoms with Crippen molar-refractivity contribution < 1.29 is 8.78 Å². The van der Waals surface area contributed by atoms with Crippen molar-refractivity contribution in [3.63, 3.8) is 0 Å². The van der Waals surface area contributed by atoms with E-state index in [1.54, 1.807) is 0 Å². The number of rotatable bonds is 2. The van der Waals surface area contributed by atoms with Crippen LogP contribution in [0.4, 0.5) is 8.78 Å². The maximum absolute atomic E-state index is 12.7. The summed E-state index contributed by atoms with van der Waals surface area (Å²) in [5.74, 6) is -2.42. The van der Waals surface area contributed by atoms with Gasteiger partial charge in [0.25, 0.3) is 0 Å². The van der Waals surface area contributed by atoms with Crippen LogP contribution in [0.25, 0.3) is 0 Å². The predicted octanol–water partition coefficient (Wildman–Crippen LogP) is 2.69. The quantitative estimate of drug-likeness (QED) is 0.680. The maximum Gasteiger partial charge on any atom is 0.248 e. The van der Waals surface area contributed by atoms with Gasteiger partial charge in [0, 0.05) is 24.6 Å². The highest BCUT2D eigenvalue weighted by atomic mass is 19.3. The number of hydrogen-bond donors (Lipinski definition) is 1. The van der Waals surface area contributed by atoms with Gasteiger partial charge in [0.2, 0.25) is 5.92 Å². The van der Waals surface area contributed by atoms with E-state index < -0.39 is 5.92 Å². The standard InChI is InChI=1S/C9H15F2N/c1-7(2)12-8-3-5-9(10,11)6-4-8/h8,12H,1,3-6H2,2H3. The largest absolute Gasteiger partial charge is 0.386 e. The minimum Gasteiger partial charge on any atom is -0.386 e. The fraction of sp³-hybridized carbons (Fsp3) is 0.778. The van der Waals surface area contributed by atoms with Gasteiger partial charge >= 0.3 is 0 Å². The Labute approximate surface area is 71.8 Å². The zero-order chi connectivity index (χ0) is 9.19. The first-order valence-electron chi connectivity index (χ1n) is 4.29. The average Bonchev–Trinajstić information content (AvgIpc) is 1.93. The van der Waals surface area contributed by atoms with Crippen molar-refractivity contribution in [3.05, 3.63) is 12.3 Å². The van der Waals surface area contributed by atoms with Crippen LogP contribution in [0.1, 0.15) is 32.6 Å².